The third-order valence-electron chi connectivity index (χ3n) is 4.81. The number of hydrogen-bond donors (Lipinski definition) is 0. The van der Waals surface area contributed by atoms with Crippen LogP contribution in [0.2, 0.25) is 0 Å². The molecule has 0 saturated heterocycles. The number of aryl methyl sites for hydroxylation is 1. The van der Waals surface area contributed by atoms with Gasteiger partial charge in [-0.3, -0.25) is 4.79 Å². The lowest BCUT2D eigenvalue weighted by Crippen LogP contribution is -2.13. The molecule has 0 spiro atoms. The number of benzene rings is 2. The molecule has 0 bridgehead atoms. The summed E-state index contributed by atoms with van der Waals surface area (Å²) in [6.45, 7) is 11.3. The van der Waals surface area contributed by atoms with Crippen LogP contribution >= 0.6 is 0 Å². The fourth-order valence-corrected chi connectivity index (χ4v) is 3.18. The number of carbonyl (C=O) groups is 1. The van der Waals surface area contributed by atoms with E-state index in [1.54, 1.807) is 19.2 Å². The summed E-state index contributed by atoms with van der Waals surface area (Å²) in [6.07, 6.45) is 5.23. The van der Waals surface area contributed by atoms with Crippen molar-refractivity contribution in [3.8, 4) is 23.0 Å². The zero-order valence-electron chi connectivity index (χ0n) is 18.6. The van der Waals surface area contributed by atoms with Crippen LogP contribution in [0.15, 0.2) is 30.3 Å². The Morgan fingerprint density at radius 1 is 0.966 bits per heavy atom. The standard InChI is InChI=1S/C25H34O4/c1-7-8-9-10-13-28-24-22(27-6)15-19(17-26)16-23(24)29-21-12-11-18(2)14-20(21)25(3,4)5/h11-12,14-17H,7-10,13H2,1-6H3. The minimum atomic E-state index is -0.0884. The van der Waals surface area contributed by atoms with Gasteiger partial charge in [-0.25, -0.2) is 0 Å². The van der Waals surface area contributed by atoms with Gasteiger partial charge in [-0.15, -0.1) is 0 Å². The van der Waals surface area contributed by atoms with Crippen molar-refractivity contribution in [3.63, 3.8) is 0 Å². The molecule has 0 N–H and O–H groups in total. The first-order chi connectivity index (χ1) is 13.8. The molecular weight excluding hydrogens is 364 g/mol. The Hall–Kier alpha value is -2.49. The van der Waals surface area contributed by atoms with Crippen molar-refractivity contribution in [1.29, 1.82) is 0 Å². The molecule has 0 fully saturated rings. The van der Waals surface area contributed by atoms with Crippen LogP contribution < -0.4 is 14.2 Å². The zero-order chi connectivity index (χ0) is 21.4. The third kappa shape index (κ3) is 6.25. The Bertz CT molecular complexity index is 818. The maximum Gasteiger partial charge on any atom is 0.204 e. The maximum atomic E-state index is 11.4. The monoisotopic (exact) mass is 398 g/mol. The molecule has 0 saturated carbocycles. The fraction of sp³-hybridized carbons (Fsp3) is 0.480. The first-order valence-corrected chi connectivity index (χ1v) is 10.4. The van der Waals surface area contributed by atoms with Crippen LogP contribution in [-0.2, 0) is 5.41 Å². The molecule has 0 aromatic heterocycles. The average molecular weight is 399 g/mol. The van der Waals surface area contributed by atoms with Crippen molar-refractivity contribution >= 4 is 6.29 Å². The number of carbonyl (C=O) groups excluding carboxylic acids is 1. The topological polar surface area (TPSA) is 44.8 Å². The Balaban J connectivity index is 2.41. The van der Waals surface area contributed by atoms with E-state index in [0.717, 1.165) is 30.4 Å². The summed E-state index contributed by atoms with van der Waals surface area (Å²) in [7, 11) is 1.57. The smallest absolute Gasteiger partial charge is 0.204 e. The van der Waals surface area contributed by atoms with Gasteiger partial charge in [0.15, 0.2) is 11.5 Å². The Morgan fingerprint density at radius 2 is 1.69 bits per heavy atom. The lowest BCUT2D eigenvalue weighted by atomic mass is 9.85. The molecule has 2 aromatic carbocycles. The van der Waals surface area contributed by atoms with Gasteiger partial charge >= 0.3 is 0 Å². The maximum absolute atomic E-state index is 11.4. The van der Waals surface area contributed by atoms with Crippen LogP contribution in [-0.4, -0.2) is 20.0 Å². The Labute approximate surface area is 175 Å². The highest BCUT2D eigenvalue weighted by Gasteiger charge is 2.22. The van der Waals surface area contributed by atoms with Gasteiger partial charge in [0, 0.05) is 11.1 Å². The van der Waals surface area contributed by atoms with E-state index in [1.165, 1.54) is 18.4 Å². The summed E-state index contributed by atoms with van der Waals surface area (Å²) >= 11 is 0. The van der Waals surface area contributed by atoms with E-state index in [2.05, 4.69) is 40.7 Å². The number of rotatable bonds is 10. The van der Waals surface area contributed by atoms with Gasteiger partial charge in [-0.1, -0.05) is 64.7 Å². The van der Waals surface area contributed by atoms with Crippen LogP contribution in [0.1, 0.15) is 74.9 Å². The Kier molecular flexibility index (Phi) is 8.12. The van der Waals surface area contributed by atoms with Crippen molar-refractivity contribution < 1.29 is 19.0 Å². The van der Waals surface area contributed by atoms with Gasteiger partial charge in [0.2, 0.25) is 5.75 Å². The molecule has 0 atom stereocenters. The summed E-state index contributed by atoms with van der Waals surface area (Å²) in [4.78, 5) is 11.4. The molecular formula is C25H34O4. The predicted molar refractivity (Wildman–Crippen MR) is 118 cm³/mol. The minimum Gasteiger partial charge on any atom is -0.493 e. The molecule has 2 aromatic rings. The van der Waals surface area contributed by atoms with E-state index < -0.39 is 0 Å². The highest BCUT2D eigenvalue weighted by Crippen LogP contribution is 2.43. The van der Waals surface area contributed by atoms with Crippen LogP contribution in [0.5, 0.6) is 23.0 Å². The second kappa shape index (κ2) is 10.3. The molecule has 0 radical (unpaired) electrons. The van der Waals surface area contributed by atoms with Crippen LogP contribution in [0.25, 0.3) is 0 Å². The lowest BCUT2D eigenvalue weighted by molar-refractivity contribution is 0.112. The molecule has 0 amide bonds. The second-order valence-electron chi connectivity index (χ2n) is 8.43. The SMILES string of the molecule is CCCCCCOc1c(OC)cc(C=O)cc1Oc1ccc(C)cc1C(C)(C)C. The van der Waals surface area contributed by atoms with Crippen molar-refractivity contribution in [2.24, 2.45) is 0 Å². The number of unbranched alkanes of at least 4 members (excludes halogenated alkanes) is 3. The van der Waals surface area contributed by atoms with Gasteiger partial charge in [-0.2, -0.15) is 0 Å². The number of ether oxygens (including phenoxy) is 3. The minimum absolute atomic E-state index is 0.0884. The zero-order valence-corrected chi connectivity index (χ0v) is 18.6. The van der Waals surface area contributed by atoms with E-state index in [0.29, 0.717) is 29.4 Å². The van der Waals surface area contributed by atoms with E-state index >= 15 is 0 Å². The first kappa shape index (κ1) is 22.8. The van der Waals surface area contributed by atoms with E-state index in [1.807, 2.05) is 12.1 Å². The summed E-state index contributed by atoms with van der Waals surface area (Å²) in [5, 5.41) is 0. The van der Waals surface area contributed by atoms with Crippen molar-refractivity contribution in [2.75, 3.05) is 13.7 Å². The van der Waals surface area contributed by atoms with Crippen molar-refractivity contribution in [2.45, 2.75) is 65.7 Å². The number of aldehydes is 1. The van der Waals surface area contributed by atoms with E-state index in [-0.39, 0.29) is 5.41 Å². The molecule has 29 heavy (non-hydrogen) atoms. The molecule has 4 nitrogen and oxygen atoms in total. The largest absolute Gasteiger partial charge is 0.493 e. The normalized spacial score (nSPS) is 11.2. The second-order valence-corrected chi connectivity index (χ2v) is 8.43. The highest BCUT2D eigenvalue weighted by molar-refractivity contribution is 5.78. The fourth-order valence-electron chi connectivity index (χ4n) is 3.18. The number of methoxy groups -OCH3 is 1. The van der Waals surface area contributed by atoms with Gasteiger partial charge in [0.05, 0.1) is 13.7 Å². The van der Waals surface area contributed by atoms with Gasteiger partial charge in [0.1, 0.15) is 12.0 Å². The quantitative estimate of drug-likeness (QED) is 0.324. The number of hydrogen-bond acceptors (Lipinski definition) is 4. The third-order valence-corrected chi connectivity index (χ3v) is 4.81. The summed E-state index contributed by atoms with van der Waals surface area (Å²) in [5.74, 6) is 2.29. The molecule has 0 aliphatic carbocycles. The molecule has 158 valence electrons. The van der Waals surface area contributed by atoms with Crippen molar-refractivity contribution in [3.05, 3.63) is 47.0 Å². The molecule has 0 aliphatic heterocycles. The highest BCUT2D eigenvalue weighted by atomic mass is 16.5. The van der Waals surface area contributed by atoms with Crippen LogP contribution in [0, 0.1) is 6.92 Å². The first-order valence-electron chi connectivity index (χ1n) is 10.4. The van der Waals surface area contributed by atoms with Crippen molar-refractivity contribution in [1.82, 2.24) is 0 Å². The van der Waals surface area contributed by atoms with E-state index in [4.69, 9.17) is 14.2 Å². The molecule has 2 rings (SSSR count). The molecule has 0 aliphatic rings. The van der Waals surface area contributed by atoms with Crippen LogP contribution in [0.4, 0.5) is 0 Å². The van der Waals surface area contributed by atoms with Crippen LogP contribution in [0.3, 0.4) is 0 Å². The predicted octanol–water partition coefficient (Wildman–Crippen LogP) is 6.87. The van der Waals surface area contributed by atoms with Gasteiger partial charge in [-0.05, 0) is 37.0 Å². The lowest BCUT2D eigenvalue weighted by Gasteiger charge is -2.24. The summed E-state index contributed by atoms with van der Waals surface area (Å²) in [6, 6.07) is 9.53. The summed E-state index contributed by atoms with van der Waals surface area (Å²) < 4.78 is 17.9. The molecule has 0 heterocycles. The van der Waals surface area contributed by atoms with Gasteiger partial charge in [0.25, 0.3) is 0 Å². The molecule has 0 unspecified atom stereocenters. The molecule has 4 heteroatoms. The summed E-state index contributed by atoms with van der Waals surface area (Å²) in [5.41, 5.74) is 2.67. The van der Waals surface area contributed by atoms with Gasteiger partial charge < -0.3 is 14.2 Å². The Morgan fingerprint density at radius 3 is 2.31 bits per heavy atom. The van der Waals surface area contributed by atoms with E-state index in [9.17, 15) is 4.79 Å². The average Bonchev–Trinajstić information content (AvgIpc) is 2.68.